The van der Waals surface area contributed by atoms with Gasteiger partial charge >= 0.3 is 0 Å². The van der Waals surface area contributed by atoms with Crippen LogP contribution in [-0.2, 0) is 6.42 Å². The second-order valence-corrected chi connectivity index (χ2v) is 7.54. The number of rotatable bonds is 3. The van der Waals surface area contributed by atoms with E-state index < -0.39 is 0 Å². The van der Waals surface area contributed by atoms with E-state index in [0.717, 1.165) is 55.0 Å². The smallest absolute Gasteiger partial charge is 0.289 e. The topological polar surface area (TPSA) is 91.0 Å². The molecule has 2 aliphatic rings. The molecule has 1 saturated heterocycles. The number of hydrogen-bond donors (Lipinski definition) is 1. The first kappa shape index (κ1) is 19.3. The highest BCUT2D eigenvalue weighted by molar-refractivity contribution is 6.07. The van der Waals surface area contributed by atoms with E-state index >= 15 is 0 Å². The van der Waals surface area contributed by atoms with Crippen molar-refractivity contribution in [2.45, 2.75) is 26.2 Å². The van der Waals surface area contributed by atoms with Gasteiger partial charge in [0.2, 0.25) is 0 Å². The first-order valence-electron chi connectivity index (χ1n) is 9.92. The number of hydrogen-bond acceptors (Lipinski definition) is 6. The Labute approximate surface area is 169 Å². The van der Waals surface area contributed by atoms with Crippen molar-refractivity contribution in [2.75, 3.05) is 33.2 Å². The van der Waals surface area contributed by atoms with Crippen molar-refractivity contribution in [2.24, 2.45) is 5.10 Å². The minimum Gasteiger partial charge on any atom is -0.455 e. The van der Waals surface area contributed by atoms with E-state index in [9.17, 15) is 9.59 Å². The summed E-state index contributed by atoms with van der Waals surface area (Å²) in [6.45, 7) is 5.02. The number of piperazine rings is 1. The molecular weight excluding hydrogens is 370 g/mol. The highest BCUT2D eigenvalue weighted by Crippen LogP contribution is 2.30. The summed E-state index contributed by atoms with van der Waals surface area (Å²) in [6.07, 6.45) is 5.50. The molecule has 0 spiro atoms. The van der Waals surface area contributed by atoms with Crippen LogP contribution in [0.2, 0.25) is 0 Å². The van der Waals surface area contributed by atoms with Crippen molar-refractivity contribution < 1.29 is 14.0 Å². The lowest BCUT2D eigenvalue weighted by molar-refractivity contribution is 0.0629. The van der Waals surface area contributed by atoms with Crippen LogP contribution in [-0.4, -0.2) is 65.5 Å². The third-order valence-corrected chi connectivity index (χ3v) is 5.55. The van der Waals surface area contributed by atoms with Crippen molar-refractivity contribution in [3.05, 3.63) is 52.7 Å². The van der Waals surface area contributed by atoms with E-state index in [2.05, 4.69) is 27.5 Å². The number of nitrogens with zero attached hydrogens (tertiary/aromatic N) is 4. The number of carbonyl (C=O) groups excluding carboxylic acids is 2. The summed E-state index contributed by atoms with van der Waals surface area (Å²) in [5, 5.41) is 4.36. The van der Waals surface area contributed by atoms with Gasteiger partial charge in [0.1, 0.15) is 5.76 Å². The fourth-order valence-corrected chi connectivity index (χ4v) is 3.82. The predicted octanol–water partition coefficient (Wildman–Crippen LogP) is 1.84. The van der Waals surface area contributed by atoms with Gasteiger partial charge in [0.25, 0.3) is 11.8 Å². The summed E-state index contributed by atoms with van der Waals surface area (Å²) < 4.78 is 5.99. The zero-order valence-electron chi connectivity index (χ0n) is 16.8. The first-order chi connectivity index (χ1) is 14.0. The minimum absolute atomic E-state index is 0.0647. The van der Waals surface area contributed by atoms with Crippen LogP contribution in [0.4, 0.5) is 0 Å². The van der Waals surface area contributed by atoms with E-state index in [1.807, 2.05) is 11.8 Å². The summed E-state index contributed by atoms with van der Waals surface area (Å²) in [5.74, 6) is 0.824. The standard InChI is InChI=1S/C21H25N5O3/c1-14-18-16(23-24-20(27)15-6-8-22-9-7-15)4-3-5-17(18)29-19(14)21(28)26-12-10-25(2)11-13-26/h6-9H,3-5,10-13H2,1-2H3,(H,24,27)/b23-16+. The number of nitrogens with one attached hydrogen (secondary N) is 1. The largest absolute Gasteiger partial charge is 0.455 e. The van der Waals surface area contributed by atoms with Crippen LogP contribution in [0.25, 0.3) is 0 Å². The number of pyridine rings is 1. The highest BCUT2D eigenvalue weighted by Gasteiger charge is 2.31. The highest BCUT2D eigenvalue weighted by atomic mass is 16.4. The lowest BCUT2D eigenvalue weighted by atomic mass is 9.93. The molecule has 4 rings (SSSR count). The maximum Gasteiger partial charge on any atom is 0.289 e. The van der Waals surface area contributed by atoms with Gasteiger partial charge in [-0.3, -0.25) is 14.6 Å². The number of likely N-dealkylation sites (N-methyl/N-ethyl adjacent to an activating group) is 1. The molecule has 1 fully saturated rings. The quantitative estimate of drug-likeness (QED) is 0.801. The van der Waals surface area contributed by atoms with Gasteiger partial charge in [-0.2, -0.15) is 5.10 Å². The van der Waals surface area contributed by atoms with Gasteiger partial charge in [-0.15, -0.1) is 0 Å². The van der Waals surface area contributed by atoms with Gasteiger partial charge in [-0.05, 0) is 38.9 Å². The molecule has 1 aliphatic heterocycles. The lowest BCUT2D eigenvalue weighted by Crippen LogP contribution is -2.47. The van der Waals surface area contributed by atoms with E-state index in [4.69, 9.17) is 4.42 Å². The van der Waals surface area contributed by atoms with Crippen molar-refractivity contribution in [3.8, 4) is 0 Å². The average molecular weight is 395 g/mol. The Balaban J connectivity index is 1.56. The fourth-order valence-electron chi connectivity index (χ4n) is 3.82. The molecule has 152 valence electrons. The van der Waals surface area contributed by atoms with Crippen LogP contribution in [0.15, 0.2) is 34.0 Å². The van der Waals surface area contributed by atoms with Gasteiger partial charge in [0.15, 0.2) is 5.76 Å². The predicted molar refractivity (Wildman–Crippen MR) is 108 cm³/mol. The molecule has 0 atom stereocenters. The molecule has 8 heteroatoms. The molecule has 0 saturated carbocycles. The number of aromatic nitrogens is 1. The molecule has 2 amide bonds. The molecule has 8 nitrogen and oxygen atoms in total. The Kier molecular flexibility index (Phi) is 5.44. The Morgan fingerprint density at radius 3 is 2.59 bits per heavy atom. The molecule has 0 unspecified atom stereocenters. The zero-order valence-corrected chi connectivity index (χ0v) is 16.8. The molecule has 3 heterocycles. The maximum absolute atomic E-state index is 13.0. The summed E-state index contributed by atoms with van der Waals surface area (Å²) in [4.78, 5) is 33.3. The molecule has 2 aromatic heterocycles. The normalized spacial score (nSPS) is 18.6. The number of aryl methyl sites for hydroxylation is 1. The zero-order chi connectivity index (χ0) is 20.4. The average Bonchev–Trinajstić information content (AvgIpc) is 3.10. The third kappa shape index (κ3) is 3.93. The number of fused-ring (bicyclic) bond motifs is 1. The van der Waals surface area contributed by atoms with Crippen LogP contribution < -0.4 is 5.43 Å². The van der Waals surface area contributed by atoms with Crippen molar-refractivity contribution in [3.63, 3.8) is 0 Å². The molecular formula is C21H25N5O3. The monoisotopic (exact) mass is 395 g/mol. The Hall–Kier alpha value is -3.00. The first-order valence-corrected chi connectivity index (χ1v) is 9.92. The minimum atomic E-state index is -0.290. The van der Waals surface area contributed by atoms with Crippen LogP contribution in [0.3, 0.4) is 0 Å². The van der Waals surface area contributed by atoms with Gasteiger partial charge in [-0.25, -0.2) is 5.43 Å². The molecule has 0 aromatic carbocycles. The number of amides is 2. The van der Waals surface area contributed by atoms with Crippen LogP contribution in [0.1, 0.15) is 50.6 Å². The Bertz CT molecular complexity index is 943. The summed E-state index contributed by atoms with van der Waals surface area (Å²) in [5.41, 5.74) is 5.55. The summed E-state index contributed by atoms with van der Waals surface area (Å²) in [6, 6.07) is 3.27. The lowest BCUT2D eigenvalue weighted by Gasteiger charge is -2.31. The second-order valence-electron chi connectivity index (χ2n) is 7.54. The molecule has 29 heavy (non-hydrogen) atoms. The van der Waals surface area contributed by atoms with Gasteiger partial charge in [0, 0.05) is 61.7 Å². The van der Waals surface area contributed by atoms with Crippen molar-refractivity contribution in [1.82, 2.24) is 20.2 Å². The molecule has 2 aromatic rings. The Morgan fingerprint density at radius 1 is 1.14 bits per heavy atom. The van der Waals surface area contributed by atoms with E-state index in [1.54, 1.807) is 24.5 Å². The Morgan fingerprint density at radius 2 is 1.86 bits per heavy atom. The van der Waals surface area contributed by atoms with E-state index in [-0.39, 0.29) is 11.8 Å². The number of carbonyl (C=O) groups is 2. The maximum atomic E-state index is 13.0. The van der Waals surface area contributed by atoms with Crippen molar-refractivity contribution >= 4 is 17.5 Å². The molecule has 1 aliphatic carbocycles. The second kappa shape index (κ2) is 8.16. The molecule has 1 N–H and O–H groups in total. The fraction of sp³-hybridized carbons (Fsp3) is 0.429. The number of furan rings is 1. The third-order valence-electron chi connectivity index (χ3n) is 5.55. The molecule has 0 bridgehead atoms. The van der Waals surface area contributed by atoms with E-state index in [0.29, 0.717) is 24.4 Å². The summed E-state index contributed by atoms with van der Waals surface area (Å²) >= 11 is 0. The molecule has 0 radical (unpaired) electrons. The van der Waals surface area contributed by atoms with Gasteiger partial charge in [-0.1, -0.05) is 0 Å². The van der Waals surface area contributed by atoms with Crippen LogP contribution in [0.5, 0.6) is 0 Å². The summed E-state index contributed by atoms with van der Waals surface area (Å²) in [7, 11) is 2.06. The number of hydrazone groups is 1. The van der Waals surface area contributed by atoms with Crippen LogP contribution in [0, 0.1) is 6.92 Å². The van der Waals surface area contributed by atoms with E-state index in [1.165, 1.54) is 0 Å². The van der Waals surface area contributed by atoms with Crippen LogP contribution >= 0.6 is 0 Å². The van der Waals surface area contributed by atoms with Gasteiger partial charge < -0.3 is 14.2 Å². The SMILES string of the molecule is Cc1c(C(=O)N2CCN(C)CC2)oc2c1/C(=N/NC(=O)c1ccncc1)CCC2. The van der Waals surface area contributed by atoms with Crippen molar-refractivity contribution in [1.29, 1.82) is 0 Å². The van der Waals surface area contributed by atoms with Gasteiger partial charge in [0.05, 0.1) is 5.71 Å².